The second kappa shape index (κ2) is 7.84. The average molecular weight is 283 g/mol. The quantitative estimate of drug-likeness (QED) is 0.798. The van der Waals surface area contributed by atoms with Crippen LogP contribution >= 0.6 is 0 Å². The van der Waals surface area contributed by atoms with E-state index in [9.17, 15) is 0 Å². The molecule has 0 saturated heterocycles. The van der Waals surface area contributed by atoms with E-state index in [1.165, 1.54) is 24.0 Å². The highest BCUT2D eigenvalue weighted by Gasteiger charge is 2.01. The Morgan fingerprint density at radius 2 is 1.43 bits per heavy atom. The third-order valence-electron chi connectivity index (χ3n) is 3.46. The van der Waals surface area contributed by atoms with Crippen LogP contribution in [0.5, 0.6) is 11.5 Å². The van der Waals surface area contributed by atoms with Crippen LogP contribution < -0.4 is 10.5 Å². The lowest BCUT2D eigenvalue weighted by molar-refractivity contribution is 0.482. The highest BCUT2D eigenvalue weighted by atomic mass is 16.5. The summed E-state index contributed by atoms with van der Waals surface area (Å²) in [6.07, 6.45) is 4.50. The Morgan fingerprint density at radius 1 is 0.905 bits per heavy atom. The van der Waals surface area contributed by atoms with E-state index in [1.54, 1.807) is 0 Å². The molecule has 0 aliphatic heterocycles. The van der Waals surface area contributed by atoms with Gasteiger partial charge in [-0.15, -0.1) is 0 Å². The zero-order valence-electron chi connectivity index (χ0n) is 13.0. The third kappa shape index (κ3) is 5.24. The second-order valence-electron chi connectivity index (χ2n) is 5.67. The first-order valence-corrected chi connectivity index (χ1v) is 7.78. The van der Waals surface area contributed by atoms with Crippen LogP contribution in [-0.2, 0) is 12.8 Å². The molecule has 0 saturated carbocycles. The maximum absolute atomic E-state index is 5.87. The van der Waals surface area contributed by atoms with Crippen molar-refractivity contribution in [3.8, 4) is 11.5 Å². The first kappa shape index (κ1) is 15.6. The normalized spacial score (nSPS) is 12.1. The lowest BCUT2D eigenvalue weighted by atomic mass is 10.1. The number of hydrogen-bond acceptors (Lipinski definition) is 2. The van der Waals surface area contributed by atoms with Crippen molar-refractivity contribution in [2.75, 3.05) is 0 Å². The van der Waals surface area contributed by atoms with Gasteiger partial charge < -0.3 is 10.5 Å². The molecule has 112 valence electrons. The van der Waals surface area contributed by atoms with Gasteiger partial charge >= 0.3 is 0 Å². The van der Waals surface area contributed by atoms with Crippen LogP contribution in [0.2, 0.25) is 0 Å². The van der Waals surface area contributed by atoms with Crippen molar-refractivity contribution < 1.29 is 4.74 Å². The fourth-order valence-corrected chi connectivity index (χ4v) is 2.31. The summed E-state index contributed by atoms with van der Waals surface area (Å²) in [5.74, 6) is 1.75. The fraction of sp³-hybridized carbons (Fsp3) is 0.368. The summed E-state index contributed by atoms with van der Waals surface area (Å²) in [7, 11) is 0. The van der Waals surface area contributed by atoms with Gasteiger partial charge in [-0.25, -0.2) is 0 Å². The molecule has 2 aromatic carbocycles. The Labute approximate surface area is 127 Å². The van der Waals surface area contributed by atoms with Crippen LogP contribution in [0.3, 0.4) is 0 Å². The Balaban J connectivity index is 1.94. The summed E-state index contributed by atoms with van der Waals surface area (Å²) >= 11 is 0. The van der Waals surface area contributed by atoms with Crippen LogP contribution in [0.25, 0.3) is 0 Å². The molecule has 0 aromatic heterocycles. The van der Waals surface area contributed by atoms with Crippen molar-refractivity contribution in [1.82, 2.24) is 0 Å². The van der Waals surface area contributed by atoms with Gasteiger partial charge in [0.2, 0.25) is 0 Å². The minimum absolute atomic E-state index is 0.187. The van der Waals surface area contributed by atoms with Gasteiger partial charge in [-0.3, -0.25) is 0 Å². The molecule has 1 atom stereocenters. The summed E-state index contributed by atoms with van der Waals surface area (Å²) in [6, 6.07) is 16.7. The van der Waals surface area contributed by atoms with Gasteiger partial charge in [0.1, 0.15) is 11.5 Å². The zero-order valence-corrected chi connectivity index (χ0v) is 13.0. The molecule has 0 bridgehead atoms. The molecule has 2 nitrogen and oxygen atoms in total. The van der Waals surface area contributed by atoms with Crippen molar-refractivity contribution in [3.63, 3.8) is 0 Å². The standard InChI is InChI=1S/C19H25NO/c1-3-4-5-16-6-10-18(11-7-16)21-19-12-8-17(9-13-19)14-15(2)20/h6-13,15H,3-5,14,20H2,1-2H3. The Morgan fingerprint density at radius 3 is 1.90 bits per heavy atom. The molecule has 2 rings (SSSR count). The molecule has 2 aromatic rings. The van der Waals surface area contributed by atoms with Crippen LogP contribution in [0.1, 0.15) is 37.8 Å². The van der Waals surface area contributed by atoms with Crippen LogP contribution in [0.15, 0.2) is 48.5 Å². The van der Waals surface area contributed by atoms with Gasteiger partial charge in [0, 0.05) is 6.04 Å². The summed E-state index contributed by atoms with van der Waals surface area (Å²) in [5, 5.41) is 0. The number of hydrogen-bond donors (Lipinski definition) is 1. The zero-order chi connectivity index (χ0) is 15.1. The number of rotatable bonds is 7. The maximum atomic E-state index is 5.87. The first-order chi connectivity index (χ1) is 10.2. The molecule has 0 amide bonds. The number of nitrogens with two attached hydrogens (primary N) is 1. The van der Waals surface area contributed by atoms with Crippen LogP contribution in [0.4, 0.5) is 0 Å². The summed E-state index contributed by atoms with van der Waals surface area (Å²) in [4.78, 5) is 0. The molecule has 1 unspecified atom stereocenters. The predicted octanol–water partition coefficient (Wildman–Crippen LogP) is 4.71. The smallest absolute Gasteiger partial charge is 0.127 e. The van der Waals surface area contributed by atoms with Crippen LogP contribution in [0, 0.1) is 0 Å². The van der Waals surface area contributed by atoms with Crippen molar-refractivity contribution in [3.05, 3.63) is 59.7 Å². The molecule has 0 aliphatic rings. The molecular formula is C19H25NO. The molecule has 0 fully saturated rings. The van der Waals surface area contributed by atoms with E-state index in [2.05, 4.69) is 31.2 Å². The monoisotopic (exact) mass is 283 g/mol. The Bertz CT molecular complexity index is 528. The second-order valence-corrected chi connectivity index (χ2v) is 5.67. The average Bonchev–Trinajstić information content (AvgIpc) is 2.48. The molecular weight excluding hydrogens is 258 g/mol. The lowest BCUT2D eigenvalue weighted by Crippen LogP contribution is -2.17. The maximum Gasteiger partial charge on any atom is 0.127 e. The predicted molar refractivity (Wildman–Crippen MR) is 88.9 cm³/mol. The molecule has 2 N–H and O–H groups in total. The summed E-state index contributed by atoms with van der Waals surface area (Å²) in [6.45, 7) is 4.23. The molecule has 21 heavy (non-hydrogen) atoms. The lowest BCUT2D eigenvalue weighted by Gasteiger charge is -2.09. The molecule has 0 heterocycles. The summed E-state index contributed by atoms with van der Waals surface area (Å²) in [5.41, 5.74) is 8.42. The van der Waals surface area contributed by atoms with Crippen molar-refractivity contribution in [2.45, 2.75) is 45.6 Å². The van der Waals surface area contributed by atoms with E-state index in [4.69, 9.17) is 10.5 Å². The Kier molecular flexibility index (Phi) is 5.82. The van der Waals surface area contributed by atoms with Gasteiger partial charge in [-0.2, -0.15) is 0 Å². The highest BCUT2D eigenvalue weighted by Crippen LogP contribution is 2.22. The van der Waals surface area contributed by atoms with Crippen molar-refractivity contribution >= 4 is 0 Å². The topological polar surface area (TPSA) is 35.2 Å². The van der Waals surface area contributed by atoms with E-state index in [0.29, 0.717) is 0 Å². The van der Waals surface area contributed by atoms with E-state index in [1.807, 2.05) is 31.2 Å². The molecule has 0 aliphatic carbocycles. The van der Waals surface area contributed by atoms with E-state index in [0.717, 1.165) is 24.3 Å². The fourth-order valence-electron chi connectivity index (χ4n) is 2.31. The van der Waals surface area contributed by atoms with Crippen molar-refractivity contribution in [1.29, 1.82) is 0 Å². The van der Waals surface area contributed by atoms with Gasteiger partial charge in [-0.05, 0) is 61.6 Å². The largest absolute Gasteiger partial charge is 0.457 e. The number of benzene rings is 2. The number of unbranched alkanes of at least 4 members (excludes halogenated alkanes) is 1. The minimum Gasteiger partial charge on any atom is -0.457 e. The SMILES string of the molecule is CCCCc1ccc(Oc2ccc(CC(C)N)cc2)cc1. The van der Waals surface area contributed by atoms with E-state index >= 15 is 0 Å². The van der Waals surface area contributed by atoms with Gasteiger partial charge in [-0.1, -0.05) is 37.6 Å². The van der Waals surface area contributed by atoms with Gasteiger partial charge in [0.25, 0.3) is 0 Å². The summed E-state index contributed by atoms with van der Waals surface area (Å²) < 4.78 is 5.87. The number of aryl methyl sites for hydroxylation is 1. The molecule has 0 radical (unpaired) electrons. The van der Waals surface area contributed by atoms with Crippen LogP contribution in [-0.4, -0.2) is 6.04 Å². The molecule has 0 spiro atoms. The Hall–Kier alpha value is -1.80. The molecule has 2 heteroatoms. The first-order valence-electron chi connectivity index (χ1n) is 7.78. The number of ether oxygens (including phenoxy) is 1. The van der Waals surface area contributed by atoms with E-state index in [-0.39, 0.29) is 6.04 Å². The highest BCUT2D eigenvalue weighted by molar-refractivity contribution is 5.34. The third-order valence-corrected chi connectivity index (χ3v) is 3.46. The van der Waals surface area contributed by atoms with E-state index < -0.39 is 0 Å². The van der Waals surface area contributed by atoms with Gasteiger partial charge in [0.05, 0.1) is 0 Å². The van der Waals surface area contributed by atoms with Crippen molar-refractivity contribution in [2.24, 2.45) is 5.73 Å². The minimum atomic E-state index is 0.187. The van der Waals surface area contributed by atoms with Gasteiger partial charge in [0.15, 0.2) is 0 Å².